The maximum Gasteiger partial charge on any atom is 0.160 e. The Morgan fingerprint density at radius 1 is 1.18 bits per heavy atom. The third-order valence-corrected chi connectivity index (χ3v) is 5.00. The minimum Gasteiger partial charge on any atom is -0.308 e. The molecule has 0 fully saturated rings. The Kier molecular flexibility index (Phi) is 5.14. The quantitative estimate of drug-likeness (QED) is 0.458. The number of nitriles is 1. The lowest BCUT2D eigenvalue weighted by Crippen LogP contribution is -2.06. The molecule has 0 saturated carbocycles. The van der Waals surface area contributed by atoms with E-state index in [1.165, 1.54) is 0 Å². The van der Waals surface area contributed by atoms with Crippen LogP contribution in [-0.4, -0.2) is 19.1 Å². The third-order valence-electron chi connectivity index (χ3n) is 4.79. The van der Waals surface area contributed by atoms with Gasteiger partial charge in [0, 0.05) is 24.5 Å². The lowest BCUT2D eigenvalue weighted by molar-refractivity contribution is 0.686. The van der Waals surface area contributed by atoms with Gasteiger partial charge in [-0.15, -0.1) is 0 Å². The van der Waals surface area contributed by atoms with Gasteiger partial charge in [0.05, 0.1) is 11.6 Å². The second kappa shape index (κ2) is 7.87. The van der Waals surface area contributed by atoms with Crippen molar-refractivity contribution in [3.63, 3.8) is 0 Å². The van der Waals surface area contributed by atoms with Crippen LogP contribution in [0.15, 0.2) is 54.9 Å². The standard InChI is InChI=1S/C22H20ClN5/c1-2-3-6-21-26-20-5-4-11-25-22(20)28(21)14-16-7-9-18(10-8-16)27-15-17(23)12-19(27)13-24/h4-5,7-12,15H,2-3,6,14H2,1H3. The highest BCUT2D eigenvalue weighted by Crippen LogP contribution is 2.21. The van der Waals surface area contributed by atoms with E-state index in [9.17, 15) is 5.26 Å². The molecule has 0 radical (unpaired) electrons. The van der Waals surface area contributed by atoms with Gasteiger partial charge in [-0.1, -0.05) is 37.1 Å². The van der Waals surface area contributed by atoms with E-state index in [1.807, 2.05) is 30.5 Å². The first kappa shape index (κ1) is 18.3. The summed E-state index contributed by atoms with van der Waals surface area (Å²) in [5, 5.41) is 9.83. The second-order valence-electron chi connectivity index (χ2n) is 6.76. The summed E-state index contributed by atoms with van der Waals surface area (Å²) in [6.07, 6.45) is 6.75. The van der Waals surface area contributed by atoms with Gasteiger partial charge in [-0.25, -0.2) is 9.97 Å². The lowest BCUT2D eigenvalue weighted by atomic mass is 10.2. The molecule has 0 aliphatic carbocycles. The van der Waals surface area contributed by atoms with Crippen LogP contribution in [-0.2, 0) is 13.0 Å². The Morgan fingerprint density at radius 3 is 2.75 bits per heavy atom. The molecule has 6 heteroatoms. The van der Waals surface area contributed by atoms with Crippen LogP contribution in [0.25, 0.3) is 16.9 Å². The number of fused-ring (bicyclic) bond motifs is 1. The zero-order chi connectivity index (χ0) is 19.5. The Labute approximate surface area is 168 Å². The number of rotatable bonds is 6. The third kappa shape index (κ3) is 3.51. The molecule has 3 heterocycles. The van der Waals surface area contributed by atoms with Crippen molar-refractivity contribution >= 4 is 22.8 Å². The van der Waals surface area contributed by atoms with E-state index in [0.29, 0.717) is 17.3 Å². The van der Waals surface area contributed by atoms with Crippen LogP contribution in [0, 0.1) is 11.3 Å². The van der Waals surface area contributed by atoms with E-state index >= 15 is 0 Å². The Hall–Kier alpha value is -3.10. The number of unbranched alkanes of at least 4 members (excludes halogenated alkanes) is 1. The van der Waals surface area contributed by atoms with Crippen molar-refractivity contribution in [1.29, 1.82) is 5.26 Å². The summed E-state index contributed by atoms with van der Waals surface area (Å²) in [6.45, 7) is 2.90. The number of benzene rings is 1. The fourth-order valence-electron chi connectivity index (χ4n) is 3.37. The topological polar surface area (TPSA) is 59.4 Å². The molecule has 0 aliphatic heterocycles. The highest BCUT2D eigenvalue weighted by atomic mass is 35.5. The SMILES string of the molecule is CCCCc1nc2cccnc2n1Cc1ccc(-n2cc(Cl)cc2C#N)cc1. The summed E-state index contributed by atoms with van der Waals surface area (Å²) in [4.78, 5) is 9.32. The average Bonchev–Trinajstić information content (AvgIpc) is 3.27. The zero-order valence-electron chi connectivity index (χ0n) is 15.6. The number of hydrogen-bond donors (Lipinski definition) is 0. The monoisotopic (exact) mass is 389 g/mol. The van der Waals surface area contributed by atoms with Crippen LogP contribution in [0.5, 0.6) is 0 Å². The predicted octanol–water partition coefficient (Wildman–Crippen LogP) is 5.14. The van der Waals surface area contributed by atoms with Crippen LogP contribution in [0.3, 0.4) is 0 Å². The van der Waals surface area contributed by atoms with Crippen LogP contribution in [0.4, 0.5) is 0 Å². The maximum atomic E-state index is 9.27. The van der Waals surface area contributed by atoms with Crippen LogP contribution >= 0.6 is 11.6 Å². The molecule has 0 N–H and O–H groups in total. The highest BCUT2D eigenvalue weighted by Gasteiger charge is 2.12. The molecular weight excluding hydrogens is 370 g/mol. The molecule has 5 nitrogen and oxygen atoms in total. The Bertz CT molecular complexity index is 1150. The van der Waals surface area contributed by atoms with Gasteiger partial charge in [-0.3, -0.25) is 0 Å². The number of hydrogen-bond acceptors (Lipinski definition) is 3. The smallest absolute Gasteiger partial charge is 0.160 e. The molecular formula is C22H20ClN5. The molecule has 0 atom stereocenters. The van der Waals surface area contributed by atoms with Gasteiger partial charge >= 0.3 is 0 Å². The number of nitrogens with zero attached hydrogens (tertiary/aromatic N) is 5. The largest absolute Gasteiger partial charge is 0.308 e. The van der Waals surface area contributed by atoms with E-state index < -0.39 is 0 Å². The minimum absolute atomic E-state index is 0.518. The van der Waals surface area contributed by atoms with Crippen molar-refractivity contribution < 1.29 is 0 Å². The maximum absolute atomic E-state index is 9.27. The number of pyridine rings is 1. The van der Waals surface area contributed by atoms with Gasteiger partial charge in [-0.05, 0) is 42.3 Å². The summed E-state index contributed by atoms with van der Waals surface area (Å²) in [5.74, 6) is 1.07. The van der Waals surface area contributed by atoms with E-state index in [1.54, 1.807) is 16.8 Å². The average molecular weight is 390 g/mol. The highest BCUT2D eigenvalue weighted by molar-refractivity contribution is 6.30. The van der Waals surface area contributed by atoms with Gasteiger partial charge < -0.3 is 9.13 Å². The van der Waals surface area contributed by atoms with E-state index in [-0.39, 0.29) is 0 Å². The van der Waals surface area contributed by atoms with Gasteiger partial charge in [-0.2, -0.15) is 5.26 Å². The second-order valence-corrected chi connectivity index (χ2v) is 7.19. The van der Waals surface area contributed by atoms with Crippen LogP contribution in [0.2, 0.25) is 5.02 Å². The van der Waals surface area contributed by atoms with E-state index in [0.717, 1.165) is 47.5 Å². The molecule has 0 bridgehead atoms. The molecule has 3 aromatic heterocycles. The van der Waals surface area contributed by atoms with Gasteiger partial charge in [0.25, 0.3) is 0 Å². The molecule has 0 amide bonds. The first-order valence-corrected chi connectivity index (χ1v) is 9.75. The van der Waals surface area contributed by atoms with Gasteiger partial charge in [0.15, 0.2) is 5.65 Å². The number of aromatic nitrogens is 4. The van der Waals surface area contributed by atoms with Crippen LogP contribution < -0.4 is 0 Å². The number of aryl methyl sites for hydroxylation is 1. The Balaban J connectivity index is 1.65. The van der Waals surface area contributed by atoms with Gasteiger partial charge in [0.1, 0.15) is 23.1 Å². The summed E-state index contributed by atoms with van der Waals surface area (Å²) < 4.78 is 4.00. The molecule has 4 aromatic rings. The summed E-state index contributed by atoms with van der Waals surface area (Å²) in [6, 6.07) is 15.9. The first-order chi connectivity index (χ1) is 13.7. The number of imidazole rings is 1. The predicted molar refractivity (Wildman–Crippen MR) is 111 cm³/mol. The Morgan fingerprint density at radius 2 is 2.00 bits per heavy atom. The van der Waals surface area contributed by atoms with E-state index in [2.05, 4.69) is 34.7 Å². The summed E-state index contributed by atoms with van der Waals surface area (Å²) in [7, 11) is 0. The minimum atomic E-state index is 0.518. The van der Waals surface area contributed by atoms with Crippen molar-refractivity contribution in [2.24, 2.45) is 0 Å². The molecule has 0 saturated heterocycles. The summed E-state index contributed by atoms with van der Waals surface area (Å²) >= 11 is 6.05. The normalized spacial score (nSPS) is 11.0. The van der Waals surface area contributed by atoms with Crippen molar-refractivity contribution in [2.45, 2.75) is 32.7 Å². The van der Waals surface area contributed by atoms with Crippen molar-refractivity contribution in [3.8, 4) is 11.8 Å². The molecule has 0 aliphatic rings. The molecule has 1 aromatic carbocycles. The van der Waals surface area contributed by atoms with Crippen molar-refractivity contribution in [1.82, 2.24) is 19.1 Å². The molecule has 0 unspecified atom stereocenters. The lowest BCUT2D eigenvalue weighted by Gasteiger charge is -2.10. The van der Waals surface area contributed by atoms with Gasteiger partial charge in [0.2, 0.25) is 0 Å². The summed E-state index contributed by atoms with van der Waals surface area (Å²) in [5.41, 5.74) is 4.44. The van der Waals surface area contributed by atoms with Crippen molar-refractivity contribution in [2.75, 3.05) is 0 Å². The molecule has 4 rings (SSSR count). The first-order valence-electron chi connectivity index (χ1n) is 9.37. The van der Waals surface area contributed by atoms with Crippen LogP contribution in [0.1, 0.15) is 36.8 Å². The van der Waals surface area contributed by atoms with Crippen molar-refractivity contribution in [3.05, 3.63) is 77.0 Å². The number of halogens is 1. The molecule has 0 spiro atoms. The zero-order valence-corrected chi connectivity index (χ0v) is 16.4. The molecule has 28 heavy (non-hydrogen) atoms. The fraction of sp³-hybridized carbons (Fsp3) is 0.227. The molecule has 140 valence electrons. The fourth-order valence-corrected chi connectivity index (χ4v) is 3.57. The van der Waals surface area contributed by atoms with E-state index in [4.69, 9.17) is 16.6 Å².